The van der Waals surface area contributed by atoms with E-state index in [0.29, 0.717) is 72.9 Å². The molecule has 5 aromatic rings. The summed E-state index contributed by atoms with van der Waals surface area (Å²) in [4.78, 5) is 33.2. The first-order chi connectivity index (χ1) is 34.5. The second kappa shape index (κ2) is 28.5. The molecule has 12 heteroatoms. The molecular weight excluding hydrogens is 921 g/mol. The largest absolute Gasteiger partial charge is 0.493 e. The molecule has 0 saturated heterocycles. The highest BCUT2D eigenvalue weighted by Crippen LogP contribution is 2.37. The van der Waals surface area contributed by atoms with E-state index in [-0.39, 0.29) is 35.4 Å². The van der Waals surface area contributed by atoms with E-state index < -0.39 is 0 Å². The van der Waals surface area contributed by atoms with Crippen LogP contribution in [0.3, 0.4) is 0 Å². The molecule has 388 valence electrons. The van der Waals surface area contributed by atoms with Gasteiger partial charge in [0.1, 0.15) is 19.0 Å². The lowest BCUT2D eigenvalue weighted by atomic mass is 9.97. The fraction of sp³-hybridized carbons (Fsp3) is 0.450. The maximum Gasteiger partial charge on any atom is 0.163 e. The summed E-state index contributed by atoms with van der Waals surface area (Å²) in [7, 11) is 3.28. The van der Waals surface area contributed by atoms with Crippen molar-refractivity contribution in [3.63, 3.8) is 0 Å². The van der Waals surface area contributed by atoms with Crippen LogP contribution in [0.2, 0.25) is 0 Å². The zero-order valence-electron chi connectivity index (χ0n) is 45.0. The summed E-state index contributed by atoms with van der Waals surface area (Å²) >= 11 is 1.82. The van der Waals surface area contributed by atoms with Crippen molar-refractivity contribution < 1.29 is 33.3 Å². The summed E-state index contributed by atoms with van der Waals surface area (Å²) in [6, 6.07) is 30.7. The SMILES string of the molecule is COCCNCCOCCN(CC(C)(C)SC)c1cc(COc2cc(NC[C@@H](C)Cc3ccccc3C)c(C(C)=O)cc2C)cc(COc2cc(/N=C\C(C)Cc3ccccc3C)c(C(C)=O)cc2OC)c1. The average molecular weight is 1000 g/mol. The number of anilines is 2. The molecule has 0 saturated carbocycles. The first-order valence-electron chi connectivity index (χ1n) is 25.2. The molecule has 5 rings (SSSR count). The van der Waals surface area contributed by atoms with E-state index >= 15 is 0 Å². The highest BCUT2D eigenvalue weighted by Gasteiger charge is 2.23. The van der Waals surface area contributed by atoms with Crippen LogP contribution >= 0.6 is 11.8 Å². The van der Waals surface area contributed by atoms with Gasteiger partial charge < -0.3 is 39.2 Å². The maximum absolute atomic E-state index is 13.0. The van der Waals surface area contributed by atoms with Crippen molar-refractivity contribution in [3.05, 3.63) is 141 Å². The molecule has 0 aliphatic rings. The van der Waals surface area contributed by atoms with Gasteiger partial charge >= 0.3 is 0 Å². The molecule has 2 N–H and O–H groups in total. The Labute approximate surface area is 434 Å². The summed E-state index contributed by atoms with van der Waals surface area (Å²) in [6.45, 7) is 24.1. The number of methoxy groups -OCH3 is 2. The summed E-state index contributed by atoms with van der Waals surface area (Å²) in [5, 5.41) is 6.95. The number of rotatable bonds is 31. The Kier molecular flexibility index (Phi) is 22.7. The number of ketones is 2. The van der Waals surface area contributed by atoms with Crippen LogP contribution in [0.25, 0.3) is 0 Å². The summed E-state index contributed by atoms with van der Waals surface area (Å²) in [5.41, 5.74) is 11.3. The highest BCUT2D eigenvalue weighted by atomic mass is 32.2. The van der Waals surface area contributed by atoms with E-state index in [0.717, 1.165) is 60.5 Å². The third kappa shape index (κ3) is 17.8. The van der Waals surface area contributed by atoms with Crippen LogP contribution in [0.5, 0.6) is 17.2 Å². The van der Waals surface area contributed by atoms with Gasteiger partial charge in [-0.3, -0.25) is 14.6 Å². The number of nitrogens with one attached hydrogen (secondary N) is 2. The van der Waals surface area contributed by atoms with Crippen LogP contribution < -0.4 is 29.7 Å². The predicted octanol–water partition coefficient (Wildman–Crippen LogP) is 12.3. The first-order valence-corrected chi connectivity index (χ1v) is 26.4. The number of thioether (sulfide) groups is 1. The zero-order chi connectivity index (χ0) is 52.2. The van der Waals surface area contributed by atoms with E-state index in [2.05, 4.69) is 124 Å². The van der Waals surface area contributed by atoms with Gasteiger partial charge in [0, 0.05) is 85.4 Å². The van der Waals surface area contributed by atoms with Gasteiger partial charge in [-0.05, 0) is 149 Å². The van der Waals surface area contributed by atoms with Gasteiger partial charge in [0.25, 0.3) is 0 Å². The van der Waals surface area contributed by atoms with E-state index in [1.54, 1.807) is 40.2 Å². The molecule has 11 nitrogen and oxygen atoms in total. The molecule has 0 heterocycles. The van der Waals surface area contributed by atoms with Gasteiger partial charge in [-0.2, -0.15) is 11.8 Å². The number of aryl methyl sites for hydroxylation is 3. The molecule has 5 aromatic carbocycles. The van der Waals surface area contributed by atoms with E-state index in [1.807, 2.05) is 43.1 Å². The topological polar surface area (TPSA) is 120 Å². The second-order valence-corrected chi connectivity index (χ2v) is 21.1. The van der Waals surface area contributed by atoms with E-state index in [1.165, 1.54) is 22.3 Å². The molecule has 1 unspecified atom stereocenters. The fourth-order valence-corrected chi connectivity index (χ4v) is 8.75. The number of hydrogen-bond donors (Lipinski definition) is 2. The van der Waals surface area contributed by atoms with Gasteiger partial charge in [0.2, 0.25) is 0 Å². The smallest absolute Gasteiger partial charge is 0.163 e. The van der Waals surface area contributed by atoms with Crippen LogP contribution in [0.4, 0.5) is 17.1 Å². The standard InChI is InChI=1S/C60H80N4O7S/c1-41(27-50-19-15-13-17-43(50)3)36-62-55-34-57(45(5)29-53(55)46(6)65)70-38-48-30-49(32-52(31-48)64(40-60(8,9)72-12)23-26-69-25-22-61-21-24-67-10)39-71-59-35-56(54(47(7)66)33-58(59)68-11)63-37-42(2)28-51-20-16-14-18-44(51)4/h13-20,29-35,37,41-42,61-62H,21-28,36,38-40H2,1-12H3/b63-37-/t41-,42?/m0/s1. The van der Waals surface area contributed by atoms with Gasteiger partial charge in [-0.25, -0.2) is 0 Å². The van der Waals surface area contributed by atoms with Crippen molar-refractivity contribution in [1.82, 2.24) is 5.32 Å². The zero-order valence-corrected chi connectivity index (χ0v) is 45.9. The molecule has 2 atom stereocenters. The minimum absolute atomic E-state index is 0.00480. The minimum atomic E-state index is -0.114. The molecule has 0 radical (unpaired) electrons. The van der Waals surface area contributed by atoms with Gasteiger partial charge in [-0.1, -0.05) is 62.4 Å². The third-order valence-corrected chi connectivity index (χ3v) is 14.1. The van der Waals surface area contributed by atoms with Crippen molar-refractivity contribution in [2.24, 2.45) is 16.8 Å². The fourth-order valence-electron chi connectivity index (χ4n) is 8.47. The molecule has 0 aliphatic heterocycles. The number of carbonyl (C=O) groups is 2. The number of benzene rings is 5. The molecule has 0 amide bonds. The summed E-state index contributed by atoms with van der Waals surface area (Å²) in [6.07, 6.45) is 5.81. The van der Waals surface area contributed by atoms with E-state index in [4.69, 9.17) is 28.7 Å². The molecule has 0 fully saturated rings. The van der Waals surface area contributed by atoms with Crippen molar-refractivity contribution in [1.29, 1.82) is 0 Å². The minimum Gasteiger partial charge on any atom is -0.493 e. The Morgan fingerprint density at radius 2 is 1.36 bits per heavy atom. The van der Waals surface area contributed by atoms with Gasteiger partial charge in [0.05, 0.1) is 32.6 Å². The number of carbonyl (C=O) groups excluding carboxylic acids is 2. The molecule has 0 bridgehead atoms. The maximum atomic E-state index is 13.0. The lowest BCUT2D eigenvalue weighted by Crippen LogP contribution is -2.39. The Hall–Kier alpha value is -5.66. The predicted molar refractivity (Wildman–Crippen MR) is 299 cm³/mol. The highest BCUT2D eigenvalue weighted by molar-refractivity contribution is 7.99. The first kappa shape index (κ1) is 57.2. The van der Waals surface area contributed by atoms with Gasteiger partial charge in [-0.15, -0.1) is 0 Å². The molecule has 0 aliphatic carbocycles. The number of Topliss-reactive ketones (excluding diaryl/α,β-unsaturated/α-hetero) is 2. The van der Waals surface area contributed by atoms with Crippen LogP contribution in [0.15, 0.2) is 96.0 Å². The Morgan fingerprint density at radius 1 is 0.736 bits per heavy atom. The van der Waals surface area contributed by atoms with Crippen LogP contribution in [0.1, 0.15) is 101 Å². The van der Waals surface area contributed by atoms with Crippen LogP contribution in [-0.2, 0) is 35.5 Å². The molecular formula is C60H80N4O7S. The van der Waals surface area contributed by atoms with Crippen molar-refractivity contribution in [3.8, 4) is 17.2 Å². The van der Waals surface area contributed by atoms with Crippen molar-refractivity contribution >= 4 is 46.6 Å². The van der Waals surface area contributed by atoms with Crippen molar-refractivity contribution in [2.45, 2.75) is 93.1 Å². The Morgan fingerprint density at radius 3 is 1.97 bits per heavy atom. The quantitative estimate of drug-likeness (QED) is 0.0251. The summed E-state index contributed by atoms with van der Waals surface area (Å²) in [5.74, 6) is 1.95. The molecule has 72 heavy (non-hydrogen) atoms. The molecule has 0 spiro atoms. The third-order valence-electron chi connectivity index (χ3n) is 12.8. The Balaban J connectivity index is 1.45. The lowest BCUT2D eigenvalue weighted by Gasteiger charge is -2.34. The number of nitrogens with zero attached hydrogens (tertiary/aromatic N) is 2. The number of ether oxygens (including phenoxy) is 5. The normalized spacial score (nSPS) is 12.4. The average Bonchev–Trinajstić information content (AvgIpc) is 3.35. The number of hydrogen-bond acceptors (Lipinski definition) is 12. The number of aliphatic imine (C=N–C) groups is 1. The van der Waals surface area contributed by atoms with Crippen LogP contribution in [0, 0.1) is 32.6 Å². The van der Waals surface area contributed by atoms with Crippen LogP contribution in [-0.4, -0.2) is 95.5 Å². The van der Waals surface area contributed by atoms with Crippen molar-refractivity contribution in [2.75, 3.05) is 83.2 Å². The van der Waals surface area contributed by atoms with Gasteiger partial charge in [0.15, 0.2) is 23.1 Å². The van der Waals surface area contributed by atoms with E-state index in [9.17, 15) is 9.59 Å². The molecule has 0 aromatic heterocycles. The summed E-state index contributed by atoms with van der Waals surface area (Å²) < 4.78 is 30.4. The monoisotopic (exact) mass is 1000 g/mol. The Bertz CT molecular complexity index is 2580. The second-order valence-electron chi connectivity index (χ2n) is 19.6. The lowest BCUT2D eigenvalue weighted by molar-refractivity contribution is 0.100.